The number of halogens is 5. The molecule has 12 aromatic rings. The van der Waals surface area contributed by atoms with Crippen molar-refractivity contribution in [3.05, 3.63) is 242 Å². The van der Waals surface area contributed by atoms with Gasteiger partial charge in [-0.3, -0.25) is 0 Å². The molecule has 0 radical (unpaired) electrons. The smallest absolute Gasteiger partial charge is 0.187 e. The highest BCUT2D eigenvalue weighted by Crippen LogP contribution is 2.47. The molecule has 0 unspecified atom stereocenters. The first-order valence-corrected chi connectivity index (χ1v) is 23.4. The molecule has 12 rings (SSSR count). The maximum atomic E-state index is 7.31. The minimum Gasteiger partial charge on any atom is -0.355 e. The molecular weight excluding hydrogens is 998 g/mol. The molecule has 0 spiro atoms. The second-order valence-corrected chi connectivity index (χ2v) is 18.2. The lowest BCUT2D eigenvalue weighted by atomic mass is 9.93. The van der Waals surface area contributed by atoms with Crippen molar-refractivity contribution in [2.75, 3.05) is 10.2 Å². The van der Waals surface area contributed by atoms with Crippen LogP contribution in [-0.4, -0.2) is 0 Å². The Kier molecular flexibility index (Phi) is 14.5. The number of hydrogen-bond donors (Lipinski definition) is 1. The summed E-state index contributed by atoms with van der Waals surface area (Å²) in [4.78, 5) is 9.10. The number of rotatable bonds is 5. The largest absolute Gasteiger partial charge is 0.355 e. The zero-order valence-electron chi connectivity index (χ0n) is 35.2. The molecule has 336 valence electrons. The van der Waals surface area contributed by atoms with Crippen molar-refractivity contribution >= 4 is 167 Å². The second kappa shape index (κ2) is 20.7. The number of nitrogens with one attached hydrogen (secondary N) is 1. The Morgan fingerprint density at radius 3 is 1.38 bits per heavy atom. The van der Waals surface area contributed by atoms with Gasteiger partial charge in [-0.05, 0) is 130 Å². The molecule has 0 fully saturated rings. The zero-order valence-corrected chi connectivity index (χ0v) is 39.8. The van der Waals surface area contributed by atoms with Crippen molar-refractivity contribution in [2.24, 2.45) is 0 Å². The van der Waals surface area contributed by atoms with E-state index >= 15 is 0 Å². The van der Waals surface area contributed by atoms with E-state index in [-0.39, 0.29) is 14.9 Å². The Bertz CT molecular complexity index is 3830. The lowest BCUT2D eigenvalue weighted by Gasteiger charge is -2.28. The quantitative estimate of drug-likeness (QED) is 0.106. The average molecular weight is 1040 g/mol. The maximum Gasteiger partial charge on any atom is 0.187 e. The van der Waals surface area contributed by atoms with E-state index in [0.29, 0.717) is 31.5 Å². The second-order valence-electron chi connectivity index (χ2n) is 15.8. The minimum absolute atomic E-state index is 0. The molecule has 0 aliphatic rings. The van der Waals surface area contributed by atoms with Gasteiger partial charge in [0, 0.05) is 32.3 Å². The highest BCUT2D eigenvalue weighted by molar-refractivity contribution is 9.10. The summed E-state index contributed by atoms with van der Waals surface area (Å²) >= 11 is 27.7. The van der Waals surface area contributed by atoms with Crippen LogP contribution in [0.1, 0.15) is 14.9 Å². The third-order valence-electron chi connectivity index (χ3n) is 11.9. The number of nitrogens with zero attached hydrogens (tertiary/aromatic N) is 3. The molecule has 0 saturated heterocycles. The van der Waals surface area contributed by atoms with Crippen LogP contribution in [0.5, 0.6) is 0 Å². The molecule has 0 saturated carbocycles. The third-order valence-corrected chi connectivity index (χ3v) is 14.4. The fourth-order valence-corrected chi connectivity index (χ4v) is 9.92. The highest BCUT2D eigenvalue weighted by Gasteiger charge is 2.21. The van der Waals surface area contributed by atoms with Gasteiger partial charge >= 0.3 is 0 Å². The van der Waals surface area contributed by atoms with Crippen molar-refractivity contribution < 1.29 is 0 Å². The van der Waals surface area contributed by atoms with E-state index in [2.05, 4.69) is 145 Å². The fraction of sp³-hybridized carbons (Fsp3) is 0.0333. The van der Waals surface area contributed by atoms with Crippen LogP contribution >= 0.6 is 62.3 Å². The Labute approximate surface area is 430 Å². The molecule has 0 amide bonds. The molecular formula is C60H41BrCl4N4. The molecule has 0 aliphatic carbocycles. The summed E-state index contributed by atoms with van der Waals surface area (Å²) in [7, 11) is 0. The summed E-state index contributed by atoms with van der Waals surface area (Å²) in [5.74, 6) is 0. The van der Waals surface area contributed by atoms with E-state index in [0.717, 1.165) is 38.3 Å². The topological polar surface area (TPSA) is 24.0 Å². The molecule has 9 heteroatoms. The SMILES string of the molecule is C.C.Clc1cccc(Br)c1Cl.[C-]#[N+]c1ccc(N(c2cccc(Cl)c2Cl)c2ccc3ccc4cccc5ccc2c3c45)cc1.[C-]#[N+]c1ccc(Nc2ccc3ccc4cccc5ccc2c3c45)cc1. The summed E-state index contributed by atoms with van der Waals surface area (Å²) < 4.78 is 0.830. The molecule has 0 bridgehead atoms. The van der Waals surface area contributed by atoms with Crippen LogP contribution in [0.4, 0.5) is 39.8 Å². The van der Waals surface area contributed by atoms with Crippen molar-refractivity contribution in [3.8, 4) is 0 Å². The normalized spacial score (nSPS) is 10.7. The van der Waals surface area contributed by atoms with E-state index in [1.165, 1.54) is 59.2 Å². The lowest BCUT2D eigenvalue weighted by molar-refractivity contribution is 1.30. The van der Waals surface area contributed by atoms with Gasteiger partial charge in [0.15, 0.2) is 11.4 Å². The number of anilines is 5. The van der Waals surface area contributed by atoms with Crippen molar-refractivity contribution in [2.45, 2.75) is 14.9 Å². The number of hydrogen-bond acceptors (Lipinski definition) is 2. The Morgan fingerprint density at radius 2 is 0.841 bits per heavy atom. The fourth-order valence-electron chi connectivity index (χ4n) is 8.76. The van der Waals surface area contributed by atoms with Gasteiger partial charge in [-0.1, -0.05) is 195 Å². The van der Waals surface area contributed by atoms with Gasteiger partial charge < -0.3 is 10.2 Å². The van der Waals surface area contributed by atoms with E-state index in [4.69, 9.17) is 59.5 Å². The van der Waals surface area contributed by atoms with Crippen LogP contribution in [0.25, 0.3) is 74.3 Å². The van der Waals surface area contributed by atoms with Gasteiger partial charge in [-0.25, -0.2) is 9.69 Å². The lowest BCUT2D eigenvalue weighted by Crippen LogP contribution is -2.11. The van der Waals surface area contributed by atoms with E-state index in [1.54, 1.807) is 12.1 Å². The molecule has 0 heterocycles. The molecule has 0 aromatic heterocycles. The van der Waals surface area contributed by atoms with Gasteiger partial charge in [-0.15, -0.1) is 0 Å². The van der Waals surface area contributed by atoms with Crippen molar-refractivity contribution in [1.82, 2.24) is 0 Å². The summed E-state index contributed by atoms with van der Waals surface area (Å²) in [5, 5.41) is 20.5. The number of benzene rings is 12. The molecule has 69 heavy (non-hydrogen) atoms. The van der Waals surface area contributed by atoms with Crippen LogP contribution in [0.3, 0.4) is 0 Å². The summed E-state index contributed by atoms with van der Waals surface area (Å²) in [6.45, 7) is 14.4. The van der Waals surface area contributed by atoms with Gasteiger partial charge in [0.2, 0.25) is 0 Å². The molecule has 4 nitrogen and oxygen atoms in total. The summed E-state index contributed by atoms with van der Waals surface area (Å²) in [5.41, 5.74) is 6.01. The summed E-state index contributed by atoms with van der Waals surface area (Å²) in [6, 6.07) is 65.1. The first-order chi connectivity index (χ1) is 32.7. The highest BCUT2D eigenvalue weighted by atomic mass is 79.9. The van der Waals surface area contributed by atoms with Gasteiger partial charge in [0.1, 0.15) is 0 Å². The first kappa shape index (κ1) is 48.4. The predicted molar refractivity (Wildman–Crippen MR) is 305 cm³/mol. The molecule has 0 atom stereocenters. The van der Waals surface area contributed by atoms with Gasteiger partial charge in [-0.2, -0.15) is 0 Å². The molecule has 1 N–H and O–H groups in total. The minimum atomic E-state index is 0. The van der Waals surface area contributed by atoms with Gasteiger partial charge in [0.05, 0.1) is 44.6 Å². The Hall–Kier alpha value is -7.06. The van der Waals surface area contributed by atoms with Crippen LogP contribution in [0.15, 0.2) is 199 Å². The monoisotopic (exact) mass is 1040 g/mol. The third kappa shape index (κ3) is 9.29. The predicted octanol–water partition coefficient (Wildman–Crippen LogP) is 21.8. The Morgan fingerprint density at radius 1 is 0.406 bits per heavy atom. The van der Waals surface area contributed by atoms with E-state index < -0.39 is 0 Å². The van der Waals surface area contributed by atoms with E-state index in [1.807, 2.05) is 72.8 Å². The first-order valence-electron chi connectivity index (χ1n) is 21.1. The zero-order chi connectivity index (χ0) is 46.2. The standard InChI is InChI=1S/C29H16Cl2N2.C23H14N2.C6H3BrCl2.2CH4/c1-32-21-12-14-22(15-13-21)33(26-7-3-6-24(30)29(26)31)25-17-11-20-9-8-18-4-2-5-19-10-16-23(25)28(20)27(18)19;1-24-18-9-11-19(12-10-18)25-21-14-8-17-6-5-15-3-2-4-16-7-13-20(21)23(17)22(15)16;7-4-2-1-3-5(8)6(4)9;;/h2-17H;2-14,25H;1-3H;2*1H4. The Balaban J connectivity index is 0.000000157. The van der Waals surface area contributed by atoms with Crippen molar-refractivity contribution in [1.29, 1.82) is 0 Å². The van der Waals surface area contributed by atoms with Gasteiger partial charge in [0.25, 0.3) is 0 Å². The summed E-state index contributed by atoms with van der Waals surface area (Å²) in [6.07, 6.45) is 0. The van der Waals surface area contributed by atoms with Crippen LogP contribution in [0.2, 0.25) is 20.1 Å². The van der Waals surface area contributed by atoms with E-state index in [9.17, 15) is 0 Å². The maximum absolute atomic E-state index is 7.31. The molecule has 12 aromatic carbocycles. The van der Waals surface area contributed by atoms with Crippen LogP contribution in [0, 0.1) is 13.1 Å². The van der Waals surface area contributed by atoms with Crippen molar-refractivity contribution in [3.63, 3.8) is 0 Å². The molecule has 0 aliphatic heterocycles. The van der Waals surface area contributed by atoms with Crippen LogP contribution in [-0.2, 0) is 0 Å². The van der Waals surface area contributed by atoms with Crippen LogP contribution < -0.4 is 10.2 Å². The average Bonchev–Trinajstić information content (AvgIpc) is 3.37.